The summed E-state index contributed by atoms with van der Waals surface area (Å²) < 4.78 is 5.75. The van der Waals surface area contributed by atoms with E-state index in [0.717, 1.165) is 33.8 Å². The number of aromatic hydroxyl groups is 1. The first kappa shape index (κ1) is 17.4. The topological polar surface area (TPSA) is 82.6 Å². The first-order valence-corrected chi connectivity index (χ1v) is 9.41. The Morgan fingerprint density at radius 1 is 1.11 bits per heavy atom. The molecule has 1 aliphatic rings. The van der Waals surface area contributed by atoms with Crippen molar-refractivity contribution in [2.75, 3.05) is 13.2 Å². The number of fused-ring (bicyclic) bond motifs is 1. The summed E-state index contributed by atoms with van der Waals surface area (Å²) in [5.41, 5.74) is 2.80. The number of hydrogen-bond donors (Lipinski definition) is 2. The molecule has 2 heterocycles. The molecule has 0 saturated carbocycles. The molecule has 1 amide bonds. The molecule has 0 unspecified atom stereocenters. The first-order valence-electron chi connectivity index (χ1n) is 8.60. The maximum absolute atomic E-state index is 12.3. The lowest BCUT2D eigenvalue weighted by atomic mass is 10.1. The van der Waals surface area contributed by atoms with Gasteiger partial charge in [0.15, 0.2) is 0 Å². The van der Waals surface area contributed by atoms with Gasteiger partial charge in [-0.3, -0.25) is 14.6 Å². The van der Waals surface area contributed by atoms with Crippen LogP contribution < -0.4 is 9.61 Å². The molecule has 0 atom stereocenters. The van der Waals surface area contributed by atoms with Crippen LogP contribution in [0.25, 0.3) is 0 Å². The molecule has 6 nitrogen and oxygen atoms in total. The number of benzene rings is 2. The van der Waals surface area contributed by atoms with Crippen molar-refractivity contribution >= 4 is 17.2 Å². The summed E-state index contributed by atoms with van der Waals surface area (Å²) in [5.74, 6) is 0.700. The summed E-state index contributed by atoms with van der Waals surface area (Å²) in [4.78, 5) is 28.0. The Kier molecular flexibility index (Phi) is 4.68. The average molecular weight is 382 g/mol. The lowest BCUT2D eigenvalue weighted by Crippen LogP contribution is -2.28. The van der Waals surface area contributed by atoms with Crippen molar-refractivity contribution in [3.8, 4) is 11.6 Å². The van der Waals surface area contributed by atoms with Gasteiger partial charge in [0.05, 0.1) is 11.4 Å². The standard InChI is InChI=1S/C20H18N2O4S/c23-18-17(27-20(25)21-18)11-13-5-7-15(8-6-13)26-10-9-22-12-14-3-1-2-4-16(14)19(22)24/h1-8,23H,9-12H2,(H,21,25). The third kappa shape index (κ3) is 3.73. The second-order valence-corrected chi connectivity index (χ2v) is 7.41. The van der Waals surface area contributed by atoms with Crippen LogP contribution in [0.4, 0.5) is 0 Å². The molecule has 0 saturated heterocycles. The predicted octanol–water partition coefficient (Wildman–Crippen LogP) is 2.77. The van der Waals surface area contributed by atoms with Gasteiger partial charge in [0.1, 0.15) is 12.4 Å². The van der Waals surface area contributed by atoms with Crippen LogP contribution in [-0.2, 0) is 13.0 Å². The smallest absolute Gasteiger partial charge is 0.307 e. The largest absolute Gasteiger partial charge is 0.494 e. The molecular weight excluding hydrogens is 364 g/mol. The van der Waals surface area contributed by atoms with E-state index in [9.17, 15) is 14.7 Å². The maximum atomic E-state index is 12.3. The van der Waals surface area contributed by atoms with Crippen LogP contribution in [0.2, 0.25) is 0 Å². The number of carbonyl (C=O) groups is 1. The van der Waals surface area contributed by atoms with Gasteiger partial charge in [-0.1, -0.05) is 41.7 Å². The molecule has 0 bridgehead atoms. The summed E-state index contributed by atoms with van der Waals surface area (Å²) in [7, 11) is 0. The van der Waals surface area contributed by atoms with Gasteiger partial charge in [-0.05, 0) is 29.3 Å². The SMILES string of the molecule is O=C1c2ccccc2CN1CCOc1ccc(Cc2sc(=O)[nH]c2O)cc1. The quantitative estimate of drug-likeness (QED) is 0.687. The van der Waals surface area contributed by atoms with E-state index < -0.39 is 0 Å². The van der Waals surface area contributed by atoms with Gasteiger partial charge in [-0.25, -0.2) is 0 Å². The Balaban J connectivity index is 1.30. The zero-order chi connectivity index (χ0) is 18.8. The predicted molar refractivity (Wildman–Crippen MR) is 103 cm³/mol. The molecule has 2 aromatic carbocycles. The minimum Gasteiger partial charge on any atom is -0.494 e. The molecule has 0 radical (unpaired) electrons. The molecule has 0 spiro atoms. The number of aromatic nitrogens is 1. The van der Waals surface area contributed by atoms with Crippen LogP contribution in [0.1, 0.15) is 26.4 Å². The van der Waals surface area contributed by atoms with Crippen LogP contribution in [-0.4, -0.2) is 34.0 Å². The molecule has 27 heavy (non-hydrogen) atoms. The third-order valence-electron chi connectivity index (χ3n) is 4.51. The van der Waals surface area contributed by atoms with Gasteiger partial charge in [0.2, 0.25) is 5.88 Å². The lowest BCUT2D eigenvalue weighted by molar-refractivity contribution is 0.0753. The van der Waals surface area contributed by atoms with Crippen LogP contribution in [0, 0.1) is 0 Å². The van der Waals surface area contributed by atoms with E-state index in [1.807, 2.05) is 48.5 Å². The zero-order valence-corrected chi connectivity index (χ0v) is 15.3. The van der Waals surface area contributed by atoms with E-state index in [-0.39, 0.29) is 16.7 Å². The van der Waals surface area contributed by atoms with E-state index in [1.54, 1.807) is 4.90 Å². The monoisotopic (exact) mass is 382 g/mol. The Bertz CT molecular complexity index is 1020. The van der Waals surface area contributed by atoms with E-state index in [0.29, 0.717) is 31.0 Å². The van der Waals surface area contributed by atoms with Crippen molar-refractivity contribution in [3.05, 3.63) is 79.8 Å². The molecule has 7 heteroatoms. The molecule has 4 rings (SSSR count). The molecule has 0 aliphatic carbocycles. The number of amides is 1. The highest BCUT2D eigenvalue weighted by Crippen LogP contribution is 2.23. The lowest BCUT2D eigenvalue weighted by Gasteiger charge is -2.16. The Hall–Kier alpha value is -3.06. The second kappa shape index (κ2) is 7.28. The van der Waals surface area contributed by atoms with E-state index in [1.165, 1.54) is 0 Å². The van der Waals surface area contributed by atoms with Gasteiger partial charge in [0.25, 0.3) is 5.91 Å². The van der Waals surface area contributed by atoms with E-state index in [2.05, 4.69) is 4.98 Å². The molecule has 0 fully saturated rings. The number of ether oxygens (including phenoxy) is 1. The van der Waals surface area contributed by atoms with Crippen molar-refractivity contribution in [1.82, 2.24) is 9.88 Å². The van der Waals surface area contributed by atoms with Gasteiger partial charge in [-0.2, -0.15) is 0 Å². The normalized spacial score (nSPS) is 13.0. The number of hydrogen-bond acceptors (Lipinski definition) is 5. The number of carbonyl (C=O) groups excluding carboxylic acids is 1. The first-order chi connectivity index (χ1) is 13.1. The number of nitrogens with zero attached hydrogens (tertiary/aromatic N) is 1. The van der Waals surface area contributed by atoms with Crippen molar-refractivity contribution in [1.29, 1.82) is 0 Å². The minimum atomic E-state index is -0.263. The van der Waals surface area contributed by atoms with Gasteiger partial charge in [-0.15, -0.1) is 0 Å². The summed E-state index contributed by atoms with van der Waals surface area (Å²) in [6, 6.07) is 15.2. The summed E-state index contributed by atoms with van der Waals surface area (Å²) in [6.45, 7) is 1.57. The molecule has 3 aromatic rings. The summed E-state index contributed by atoms with van der Waals surface area (Å²) in [5, 5.41) is 9.65. The number of H-pyrrole nitrogens is 1. The van der Waals surface area contributed by atoms with Gasteiger partial charge in [0, 0.05) is 18.5 Å². The average Bonchev–Trinajstić information content (AvgIpc) is 3.15. The highest BCUT2D eigenvalue weighted by molar-refractivity contribution is 7.09. The van der Waals surface area contributed by atoms with Crippen LogP contribution >= 0.6 is 11.3 Å². The number of aromatic amines is 1. The third-order valence-corrected chi connectivity index (χ3v) is 5.39. The van der Waals surface area contributed by atoms with E-state index >= 15 is 0 Å². The Morgan fingerprint density at radius 3 is 2.59 bits per heavy atom. The number of nitrogens with one attached hydrogen (secondary N) is 1. The van der Waals surface area contributed by atoms with Gasteiger partial charge >= 0.3 is 4.87 Å². The maximum Gasteiger partial charge on any atom is 0.307 e. The highest BCUT2D eigenvalue weighted by atomic mass is 32.1. The fourth-order valence-electron chi connectivity index (χ4n) is 3.13. The van der Waals surface area contributed by atoms with Crippen LogP contribution in [0.15, 0.2) is 53.3 Å². The van der Waals surface area contributed by atoms with Crippen molar-refractivity contribution in [2.24, 2.45) is 0 Å². The molecular formula is C20H18N2O4S. The molecule has 1 aliphatic heterocycles. The van der Waals surface area contributed by atoms with Crippen molar-refractivity contribution < 1.29 is 14.6 Å². The molecule has 138 valence electrons. The minimum absolute atomic E-state index is 0.0508. The summed E-state index contributed by atoms with van der Waals surface area (Å²) in [6.07, 6.45) is 0.482. The van der Waals surface area contributed by atoms with Crippen molar-refractivity contribution in [2.45, 2.75) is 13.0 Å². The fraction of sp³-hybridized carbons (Fsp3) is 0.200. The number of rotatable bonds is 6. The fourth-order valence-corrected chi connectivity index (χ4v) is 3.89. The zero-order valence-electron chi connectivity index (χ0n) is 14.5. The van der Waals surface area contributed by atoms with Crippen molar-refractivity contribution in [3.63, 3.8) is 0 Å². The molecule has 1 aromatic heterocycles. The number of thiazole rings is 1. The second-order valence-electron chi connectivity index (χ2n) is 6.34. The van der Waals surface area contributed by atoms with Crippen LogP contribution in [0.5, 0.6) is 11.6 Å². The summed E-state index contributed by atoms with van der Waals surface area (Å²) >= 11 is 1.01. The van der Waals surface area contributed by atoms with E-state index in [4.69, 9.17) is 4.74 Å². The van der Waals surface area contributed by atoms with Gasteiger partial charge < -0.3 is 14.7 Å². The molecule has 2 N–H and O–H groups in total. The Morgan fingerprint density at radius 2 is 1.89 bits per heavy atom. The highest BCUT2D eigenvalue weighted by Gasteiger charge is 2.26. The van der Waals surface area contributed by atoms with Crippen LogP contribution in [0.3, 0.4) is 0 Å². The Labute approximate surface area is 159 Å².